The number of fused-ring (bicyclic) bond motifs is 1. The van der Waals surface area contributed by atoms with Crippen molar-refractivity contribution in [2.45, 2.75) is 32.6 Å². The summed E-state index contributed by atoms with van der Waals surface area (Å²) in [5.41, 5.74) is 4.53. The van der Waals surface area contributed by atoms with Gasteiger partial charge in [0.25, 0.3) is 0 Å². The largest absolute Gasteiger partial charge is 0.497 e. The van der Waals surface area contributed by atoms with Gasteiger partial charge in [0.1, 0.15) is 5.75 Å². The van der Waals surface area contributed by atoms with Crippen LogP contribution in [0.5, 0.6) is 5.75 Å². The van der Waals surface area contributed by atoms with Gasteiger partial charge in [-0.25, -0.2) is 0 Å². The maximum atomic E-state index is 8.59. The number of nitrogens with zero attached hydrogens (tertiary/aromatic N) is 1. The van der Waals surface area contributed by atoms with Crippen molar-refractivity contribution < 1.29 is 26.6 Å². The van der Waals surface area contributed by atoms with E-state index in [1.54, 1.807) is 7.11 Å². The number of nitrogens with one attached hydrogen (secondary N) is 2. The van der Waals surface area contributed by atoms with E-state index in [2.05, 4.69) is 37.8 Å². The SMILES string of the molecule is CCN1/C(=C\C=N)C(C)(C)c2cc(OC)ccc21.N=C(O)Cc1ccccc1.[Co]. The number of aliphatic hydroxyl groups is 1. The molecule has 0 atom stereocenters. The van der Waals surface area contributed by atoms with Crippen molar-refractivity contribution in [3.63, 3.8) is 0 Å². The maximum Gasteiger partial charge on any atom is 0.182 e. The molecule has 157 valence electrons. The van der Waals surface area contributed by atoms with Crippen LogP contribution in [0.1, 0.15) is 31.9 Å². The molecule has 0 amide bonds. The van der Waals surface area contributed by atoms with Crippen LogP contribution in [-0.2, 0) is 28.6 Å². The number of allylic oxidation sites excluding steroid dienone is 2. The average molecular weight is 438 g/mol. The van der Waals surface area contributed by atoms with E-state index in [-0.39, 0.29) is 28.1 Å². The minimum Gasteiger partial charge on any atom is -0.497 e. The van der Waals surface area contributed by atoms with Crippen molar-refractivity contribution >= 4 is 17.8 Å². The van der Waals surface area contributed by atoms with E-state index in [0.717, 1.165) is 17.9 Å². The summed E-state index contributed by atoms with van der Waals surface area (Å²) in [6.07, 6.45) is 3.58. The fourth-order valence-electron chi connectivity index (χ4n) is 3.49. The zero-order chi connectivity index (χ0) is 20.7. The molecule has 1 aliphatic heterocycles. The van der Waals surface area contributed by atoms with Gasteiger partial charge < -0.3 is 20.2 Å². The predicted octanol–water partition coefficient (Wildman–Crippen LogP) is 5.11. The van der Waals surface area contributed by atoms with E-state index in [0.29, 0.717) is 6.42 Å². The van der Waals surface area contributed by atoms with Crippen LogP contribution in [0, 0.1) is 10.8 Å². The molecule has 0 aromatic heterocycles. The van der Waals surface area contributed by atoms with Gasteiger partial charge in [-0.3, -0.25) is 5.41 Å². The van der Waals surface area contributed by atoms with Crippen LogP contribution in [0.25, 0.3) is 0 Å². The van der Waals surface area contributed by atoms with E-state index in [1.165, 1.54) is 23.2 Å². The predicted molar refractivity (Wildman–Crippen MR) is 116 cm³/mol. The number of benzene rings is 2. The van der Waals surface area contributed by atoms with Crippen LogP contribution >= 0.6 is 0 Å². The Kier molecular flexibility index (Phi) is 9.14. The second-order valence-electron chi connectivity index (χ2n) is 7.08. The number of rotatable bonds is 5. The first-order valence-corrected chi connectivity index (χ1v) is 9.32. The number of hydrogen-bond acceptors (Lipinski definition) is 4. The summed E-state index contributed by atoms with van der Waals surface area (Å²) in [6.45, 7) is 7.42. The number of likely N-dealkylation sites (N-methyl/N-ethyl adjacent to an activating group) is 1. The molecule has 0 aliphatic carbocycles. The van der Waals surface area contributed by atoms with Gasteiger partial charge in [0.15, 0.2) is 5.90 Å². The summed E-state index contributed by atoms with van der Waals surface area (Å²) in [5, 5.41) is 22.7. The fourth-order valence-corrected chi connectivity index (χ4v) is 3.49. The quantitative estimate of drug-likeness (QED) is 0.448. The van der Waals surface area contributed by atoms with E-state index < -0.39 is 0 Å². The van der Waals surface area contributed by atoms with Crippen LogP contribution in [0.4, 0.5) is 5.69 Å². The average Bonchev–Trinajstić information content (AvgIpc) is 2.89. The third-order valence-corrected chi connectivity index (χ3v) is 4.87. The molecule has 1 radical (unpaired) electrons. The van der Waals surface area contributed by atoms with E-state index >= 15 is 0 Å². The van der Waals surface area contributed by atoms with Gasteiger partial charge in [-0.15, -0.1) is 0 Å². The maximum absolute atomic E-state index is 8.59. The van der Waals surface area contributed by atoms with Gasteiger partial charge in [0.05, 0.1) is 7.11 Å². The van der Waals surface area contributed by atoms with Gasteiger partial charge in [-0.2, -0.15) is 0 Å². The van der Waals surface area contributed by atoms with E-state index in [4.69, 9.17) is 20.7 Å². The molecule has 0 saturated heterocycles. The molecule has 2 aromatic rings. The Hall–Kier alpha value is -2.57. The molecular weight excluding hydrogens is 409 g/mol. The van der Waals surface area contributed by atoms with Crippen molar-refractivity contribution in [2.24, 2.45) is 0 Å². The monoisotopic (exact) mass is 438 g/mol. The Morgan fingerprint density at radius 3 is 2.34 bits per heavy atom. The molecule has 0 unspecified atom stereocenters. The Morgan fingerprint density at radius 1 is 1.17 bits per heavy atom. The molecule has 3 rings (SSSR count). The van der Waals surface area contributed by atoms with E-state index in [1.807, 2.05) is 42.5 Å². The van der Waals surface area contributed by atoms with Crippen molar-refractivity contribution in [2.75, 3.05) is 18.6 Å². The molecule has 0 bridgehead atoms. The number of hydrogen-bond donors (Lipinski definition) is 3. The first-order chi connectivity index (χ1) is 13.3. The molecule has 6 heteroatoms. The zero-order valence-electron chi connectivity index (χ0n) is 17.3. The van der Waals surface area contributed by atoms with E-state index in [9.17, 15) is 0 Å². The number of anilines is 1. The Balaban J connectivity index is 0.000000327. The fraction of sp³-hybridized carbons (Fsp3) is 0.304. The van der Waals surface area contributed by atoms with Crippen LogP contribution in [0.3, 0.4) is 0 Å². The molecule has 29 heavy (non-hydrogen) atoms. The van der Waals surface area contributed by atoms with Crippen LogP contribution in [0.15, 0.2) is 60.3 Å². The second-order valence-corrected chi connectivity index (χ2v) is 7.08. The Bertz CT molecular complexity index is 864. The zero-order valence-corrected chi connectivity index (χ0v) is 18.4. The van der Waals surface area contributed by atoms with Crippen molar-refractivity contribution in [3.05, 3.63) is 71.4 Å². The Morgan fingerprint density at radius 2 is 1.83 bits per heavy atom. The second kappa shape index (κ2) is 10.8. The summed E-state index contributed by atoms with van der Waals surface area (Å²) < 4.78 is 5.31. The number of aliphatic hydroxyl groups excluding tert-OH is 1. The minimum absolute atomic E-state index is 0. The third kappa shape index (κ3) is 5.71. The third-order valence-electron chi connectivity index (χ3n) is 4.87. The van der Waals surface area contributed by atoms with Crippen LogP contribution < -0.4 is 9.64 Å². The summed E-state index contributed by atoms with van der Waals surface area (Å²) in [6, 6.07) is 15.6. The molecule has 2 aromatic carbocycles. The van der Waals surface area contributed by atoms with Crippen molar-refractivity contribution in [1.29, 1.82) is 10.8 Å². The first kappa shape index (κ1) is 24.5. The summed E-state index contributed by atoms with van der Waals surface area (Å²) >= 11 is 0. The smallest absolute Gasteiger partial charge is 0.182 e. The normalized spacial score (nSPS) is 14.9. The standard InChI is InChI=1S/C15H20N2O.C8H9NO.Co/c1-5-17-13-7-6-11(18-4)10-12(13)15(2,3)14(17)8-9-16;9-8(10)6-7-4-2-1-3-5-7;/h6-10,16H,5H2,1-4H3;1-5H,6H2,(H2,9,10);/b14-8-,16-9?;;. The first-order valence-electron chi connectivity index (χ1n) is 9.32. The topological polar surface area (TPSA) is 80.4 Å². The summed E-state index contributed by atoms with van der Waals surface area (Å²) in [5.74, 6) is 0.597. The van der Waals surface area contributed by atoms with Gasteiger partial charge >= 0.3 is 0 Å². The molecule has 0 spiro atoms. The molecule has 5 nitrogen and oxygen atoms in total. The van der Waals surface area contributed by atoms with Crippen LogP contribution in [0.2, 0.25) is 0 Å². The molecule has 1 heterocycles. The molecule has 0 saturated carbocycles. The van der Waals surface area contributed by atoms with Crippen molar-refractivity contribution in [3.8, 4) is 5.75 Å². The molecular formula is C23H29CoN3O2. The summed E-state index contributed by atoms with van der Waals surface area (Å²) in [4.78, 5) is 2.26. The molecule has 3 N–H and O–H groups in total. The van der Waals surface area contributed by atoms with Crippen LogP contribution in [-0.4, -0.2) is 30.9 Å². The molecule has 1 aliphatic rings. The van der Waals surface area contributed by atoms with Gasteiger partial charge in [0.2, 0.25) is 0 Å². The van der Waals surface area contributed by atoms with Gasteiger partial charge in [0, 0.05) is 52.8 Å². The minimum atomic E-state index is -0.286. The van der Waals surface area contributed by atoms with Gasteiger partial charge in [-0.05, 0) is 42.3 Å². The Labute approximate surface area is 183 Å². The van der Waals surface area contributed by atoms with Gasteiger partial charge in [-0.1, -0.05) is 44.2 Å². The number of methoxy groups -OCH3 is 1. The summed E-state index contributed by atoms with van der Waals surface area (Å²) in [7, 11) is 1.69. The van der Waals surface area contributed by atoms with Crippen molar-refractivity contribution in [1.82, 2.24) is 0 Å². The number of ether oxygens (including phenoxy) is 1. The molecule has 0 fully saturated rings.